The minimum Gasteiger partial charge on any atom is -0.399 e. The molecule has 88 valence electrons. The van der Waals surface area contributed by atoms with E-state index >= 15 is 0 Å². The molecule has 3 N–H and O–H groups in total. The molecule has 1 rings (SSSR count). The van der Waals surface area contributed by atoms with Crippen molar-refractivity contribution in [1.29, 1.82) is 0 Å². The molecule has 1 amide bonds. The topological polar surface area (TPSA) is 55.1 Å². The van der Waals surface area contributed by atoms with Crippen molar-refractivity contribution in [3.8, 4) is 0 Å². The highest BCUT2D eigenvalue weighted by Gasteiger charge is 2.14. The van der Waals surface area contributed by atoms with Gasteiger partial charge in [-0.1, -0.05) is 25.4 Å². The third-order valence-corrected chi connectivity index (χ3v) is 2.91. The smallest absolute Gasteiger partial charge is 0.253 e. The van der Waals surface area contributed by atoms with Gasteiger partial charge in [0.05, 0.1) is 10.6 Å². The molecule has 0 aliphatic carbocycles. The van der Waals surface area contributed by atoms with Gasteiger partial charge >= 0.3 is 0 Å². The fourth-order valence-corrected chi connectivity index (χ4v) is 1.44. The monoisotopic (exact) mass is 240 g/mol. The van der Waals surface area contributed by atoms with Crippen molar-refractivity contribution >= 4 is 23.2 Å². The number of halogens is 1. The summed E-state index contributed by atoms with van der Waals surface area (Å²) in [5.74, 6) is 0.225. The SMILES string of the molecule is CC(C)C(C)NC(=O)c1ccc(N)cc1Cl. The van der Waals surface area contributed by atoms with Gasteiger partial charge < -0.3 is 11.1 Å². The fourth-order valence-electron chi connectivity index (χ4n) is 1.17. The standard InChI is InChI=1S/C12H17ClN2O/c1-7(2)8(3)15-12(16)10-5-4-9(14)6-11(10)13/h4-8H,14H2,1-3H3,(H,15,16). The van der Waals surface area contributed by atoms with E-state index in [1.54, 1.807) is 18.2 Å². The van der Waals surface area contributed by atoms with Crippen LogP contribution in [0.5, 0.6) is 0 Å². The summed E-state index contributed by atoms with van der Waals surface area (Å²) in [7, 11) is 0. The van der Waals surface area contributed by atoms with Crippen molar-refractivity contribution in [1.82, 2.24) is 5.32 Å². The molecule has 0 aliphatic rings. The van der Waals surface area contributed by atoms with E-state index in [0.717, 1.165) is 0 Å². The van der Waals surface area contributed by atoms with Crippen LogP contribution >= 0.6 is 11.6 Å². The molecule has 0 saturated heterocycles. The molecule has 0 spiro atoms. The highest BCUT2D eigenvalue weighted by atomic mass is 35.5. The van der Waals surface area contributed by atoms with Crippen molar-refractivity contribution in [3.63, 3.8) is 0 Å². The first-order valence-corrected chi connectivity index (χ1v) is 5.65. The number of nitrogens with two attached hydrogens (primary N) is 1. The van der Waals surface area contributed by atoms with E-state index in [4.69, 9.17) is 17.3 Å². The lowest BCUT2D eigenvalue weighted by Gasteiger charge is -2.17. The molecule has 0 bridgehead atoms. The van der Waals surface area contributed by atoms with Gasteiger partial charge in [0.15, 0.2) is 0 Å². The molecular weight excluding hydrogens is 224 g/mol. The normalized spacial score (nSPS) is 12.6. The second kappa shape index (κ2) is 5.21. The maximum atomic E-state index is 11.9. The van der Waals surface area contributed by atoms with E-state index in [2.05, 4.69) is 19.2 Å². The zero-order valence-electron chi connectivity index (χ0n) is 9.75. The van der Waals surface area contributed by atoms with Gasteiger partial charge in [0.25, 0.3) is 5.91 Å². The Morgan fingerprint density at radius 3 is 2.50 bits per heavy atom. The lowest BCUT2D eigenvalue weighted by molar-refractivity contribution is 0.0930. The van der Waals surface area contributed by atoms with E-state index in [9.17, 15) is 4.79 Å². The Morgan fingerprint density at radius 2 is 2.00 bits per heavy atom. The van der Waals surface area contributed by atoms with E-state index in [0.29, 0.717) is 22.2 Å². The number of hydrogen-bond acceptors (Lipinski definition) is 2. The van der Waals surface area contributed by atoms with Crippen molar-refractivity contribution in [2.24, 2.45) is 5.92 Å². The number of hydrogen-bond donors (Lipinski definition) is 2. The number of carbonyl (C=O) groups excluding carboxylic acids is 1. The van der Waals surface area contributed by atoms with Gasteiger partial charge in [-0.25, -0.2) is 0 Å². The van der Waals surface area contributed by atoms with Crippen LogP contribution in [0.2, 0.25) is 5.02 Å². The Balaban J connectivity index is 2.81. The van der Waals surface area contributed by atoms with Gasteiger partial charge in [0.1, 0.15) is 0 Å². The molecule has 1 atom stereocenters. The Morgan fingerprint density at radius 1 is 1.38 bits per heavy atom. The highest BCUT2D eigenvalue weighted by molar-refractivity contribution is 6.34. The molecular formula is C12H17ClN2O. The van der Waals surface area contributed by atoms with Crippen LogP contribution in [0.25, 0.3) is 0 Å². The summed E-state index contributed by atoms with van der Waals surface area (Å²) in [5, 5.41) is 3.27. The Bertz CT molecular complexity index is 391. The number of nitrogens with one attached hydrogen (secondary N) is 1. The molecule has 0 fully saturated rings. The third kappa shape index (κ3) is 3.14. The van der Waals surface area contributed by atoms with Crippen molar-refractivity contribution < 1.29 is 4.79 Å². The molecule has 0 heterocycles. The van der Waals surface area contributed by atoms with E-state index < -0.39 is 0 Å². The van der Waals surface area contributed by atoms with Gasteiger partial charge in [-0.2, -0.15) is 0 Å². The van der Waals surface area contributed by atoms with Crippen LogP contribution in [0, 0.1) is 5.92 Å². The van der Waals surface area contributed by atoms with Crippen molar-refractivity contribution in [2.45, 2.75) is 26.8 Å². The van der Waals surface area contributed by atoms with Gasteiger partial charge in [-0.3, -0.25) is 4.79 Å². The molecule has 16 heavy (non-hydrogen) atoms. The summed E-state index contributed by atoms with van der Waals surface area (Å²) in [5.41, 5.74) is 6.58. The van der Waals surface area contributed by atoms with E-state index in [1.165, 1.54) is 0 Å². The van der Waals surface area contributed by atoms with Crippen molar-refractivity contribution in [2.75, 3.05) is 5.73 Å². The minimum absolute atomic E-state index is 0.112. The molecule has 1 unspecified atom stereocenters. The Hall–Kier alpha value is -1.22. The minimum atomic E-state index is -0.161. The van der Waals surface area contributed by atoms with Gasteiger partial charge in [0.2, 0.25) is 0 Å². The second-order valence-electron chi connectivity index (χ2n) is 4.25. The predicted molar refractivity (Wildman–Crippen MR) is 67.6 cm³/mol. The molecule has 1 aromatic rings. The van der Waals surface area contributed by atoms with Crippen LogP contribution in [-0.4, -0.2) is 11.9 Å². The summed E-state index contributed by atoms with van der Waals surface area (Å²) in [4.78, 5) is 11.9. The van der Waals surface area contributed by atoms with E-state index in [-0.39, 0.29) is 11.9 Å². The summed E-state index contributed by atoms with van der Waals surface area (Å²) in [6.07, 6.45) is 0. The van der Waals surface area contributed by atoms with Crippen LogP contribution < -0.4 is 11.1 Å². The molecule has 0 aromatic heterocycles. The first-order chi connectivity index (χ1) is 7.41. The quantitative estimate of drug-likeness (QED) is 0.799. The zero-order chi connectivity index (χ0) is 12.3. The summed E-state index contributed by atoms with van der Waals surface area (Å²) in [6, 6.07) is 5.00. The molecule has 3 nitrogen and oxygen atoms in total. The van der Waals surface area contributed by atoms with Crippen LogP contribution in [0.15, 0.2) is 18.2 Å². The van der Waals surface area contributed by atoms with Gasteiger partial charge in [-0.15, -0.1) is 0 Å². The summed E-state index contributed by atoms with van der Waals surface area (Å²) in [6.45, 7) is 6.07. The second-order valence-corrected chi connectivity index (χ2v) is 4.65. The zero-order valence-corrected chi connectivity index (χ0v) is 10.5. The Labute approximate surface area is 101 Å². The largest absolute Gasteiger partial charge is 0.399 e. The molecule has 4 heteroatoms. The van der Waals surface area contributed by atoms with E-state index in [1.807, 2.05) is 6.92 Å². The first kappa shape index (κ1) is 12.8. The average molecular weight is 241 g/mol. The maximum Gasteiger partial charge on any atom is 0.253 e. The van der Waals surface area contributed by atoms with Crippen LogP contribution in [0.4, 0.5) is 5.69 Å². The predicted octanol–water partition coefficient (Wildman–Crippen LogP) is 2.70. The Kier molecular flexibility index (Phi) is 4.19. The number of anilines is 1. The van der Waals surface area contributed by atoms with Crippen molar-refractivity contribution in [3.05, 3.63) is 28.8 Å². The number of nitrogen functional groups attached to an aromatic ring is 1. The molecule has 1 aromatic carbocycles. The fraction of sp³-hybridized carbons (Fsp3) is 0.417. The van der Waals surface area contributed by atoms with Gasteiger partial charge in [0, 0.05) is 11.7 Å². The number of rotatable bonds is 3. The third-order valence-electron chi connectivity index (χ3n) is 2.60. The molecule has 0 radical (unpaired) electrons. The number of amides is 1. The molecule has 0 aliphatic heterocycles. The first-order valence-electron chi connectivity index (χ1n) is 5.27. The number of benzene rings is 1. The van der Waals surface area contributed by atoms with Crippen LogP contribution in [-0.2, 0) is 0 Å². The number of carbonyl (C=O) groups is 1. The van der Waals surface area contributed by atoms with Gasteiger partial charge in [-0.05, 0) is 31.0 Å². The van der Waals surface area contributed by atoms with Crippen LogP contribution in [0.1, 0.15) is 31.1 Å². The summed E-state index contributed by atoms with van der Waals surface area (Å²) < 4.78 is 0. The lowest BCUT2D eigenvalue weighted by atomic mass is 10.1. The highest BCUT2D eigenvalue weighted by Crippen LogP contribution is 2.19. The summed E-state index contributed by atoms with van der Waals surface area (Å²) >= 11 is 5.95. The average Bonchev–Trinajstić information content (AvgIpc) is 2.16. The van der Waals surface area contributed by atoms with Crippen LogP contribution in [0.3, 0.4) is 0 Å². The lowest BCUT2D eigenvalue weighted by Crippen LogP contribution is -2.36. The molecule has 0 saturated carbocycles. The maximum absolute atomic E-state index is 11.9.